The molecule has 8 amide bonds. The highest BCUT2D eigenvalue weighted by molar-refractivity contribution is 5.97. The van der Waals surface area contributed by atoms with E-state index in [4.69, 9.17) is 22.3 Å². The quantitative estimate of drug-likeness (QED) is 0.0189. The summed E-state index contributed by atoms with van der Waals surface area (Å²) < 4.78 is 0. The summed E-state index contributed by atoms with van der Waals surface area (Å²) in [6.45, 7) is 8.20. The number of aliphatic imine (C=N–C) groups is 1. The van der Waals surface area contributed by atoms with Crippen molar-refractivity contribution < 1.29 is 63.6 Å². The van der Waals surface area contributed by atoms with Crippen molar-refractivity contribution in [3.63, 3.8) is 0 Å². The molecule has 0 radical (unpaired) electrons. The third-order valence-electron chi connectivity index (χ3n) is 8.85. The summed E-state index contributed by atoms with van der Waals surface area (Å²) in [5.74, 6) is -9.56. The number of amides is 8. The number of hydrogen-bond donors (Lipinski definition) is 15. The molecule has 0 saturated carbocycles. The number of nitrogens with two attached hydrogens (primary N) is 3. The molecule has 0 aliphatic heterocycles. The van der Waals surface area contributed by atoms with Gasteiger partial charge < -0.3 is 80.2 Å². The summed E-state index contributed by atoms with van der Waals surface area (Å²) >= 11 is 0. The minimum absolute atomic E-state index is 0.00489. The molecule has 0 heterocycles. The number of carboxylic acid groups (broad SMARTS) is 1. The Morgan fingerprint density at radius 2 is 0.984 bits per heavy atom. The standard InChI is InChI=1S/C37H68N12O13/c1-17(2)11-23(46-30(55)21(38)14-50)32(57)43-20(7)29(54)42-13-27(53)44-25(15-51)34(59)47-24(12-18(3)4)33(58)45-22(9-8-10-41-37(39)40)31(56)48-26(16-52)35(60)49-28(19(5)6)36(61)62/h17-26,28,50-52H,8-16,38H2,1-7H3,(H,42,54)(H,43,57)(H,44,53)(H,45,58)(H,46,55)(H,47,59)(H,48,56)(H,49,60)(H,61,62)(H4,39,40,41)/t20-,21-,22-,23-,24-,25-,26-,28-/m0/s1. The molecule has 0 aromatic carbocycles. The molecule has 25 heteroatoms. The van der Waals surface area contributed by atoms with E-state index in [0.717, 1.165) is 0 Å². The van der Waals surface area contributed by atoms with Crippen LogP contribution in [0.4, 0.5) is 0 Å². The van der Waals surface area contributed by atoms with E-state index < -0.39 is 134 Å². The fraction of sp³-hybridized carbons (Fsp3) is 0.730. The number of carboxylic acids is 1. The Labute approximate surface area is 360 Å². The summed E-state index contributed by atoms with van der Waals surface area (Å²) in [6, 6.07) is -10.9. The van der Waals surface area contributed by atoms with E-state index >= 15 is 0 Å². The van der Waals surface area contributed by atoms with E-state index in [1.165, 1.54) is 6.92 Å². The molecule has 0 aliphatic carbocycles. The Morgan fingerprint density at radius 1 is 0.548 bits per heavy atom. The lowest BCUT2D eigenvalue weighted by Crippen LogP contribution is -2.60. The average molecular weight is 889 g/mol. The molecular weight excluding hydrogens is 820 g/mol. The van der Waals surface area contributed by atoms with Crippen molar-refractivity contribution in [2.45, 2.75) is 122 Å². The molecule has 8 atom stereocenters. The highest BCUT2D eigenvalue weighted by Gasteiger charge is 2.33. The van der Waals surface area contributed by atoms with E-state index in [-0.39, 0.29) is 50.0 Å². The van der Waals surface area contributed by atoms with Gasteiger partial charge in [-0.3, -0.25) is 43.3 Å². The van der Waals surface area contributed by atoms with Crippen molar-refractivity contribution >= 4 is 59.2 Å². The van der Waals surface area contributed by atoms with Crippen LogP contribution in [-0.4, -0.2) is 161 Å². The molecular formula is C37H68N12O13. The third-order valence-corrected chi connectivity index (χ3v) is 8.85. The predicted molar refractivity (Wildman–Crippen MR) is 223 cm³/mol. The first-order chi connectivity index (χ1) is 28.9. The van der Waals surface area contributed by atoms with Gasteiger partial charge in [-0.1, -0.05) is 41.5 Å². The second kappa shape index (κ2) is 28.8. The number of hydrogen-bond acceptors (Lipinski definition) is 14. The predicted octanol–water partition coefficient (Wildman–Crippen LogP) is -6.29. The maximum absolute atomic E-state index is 13.7. The van der Waals surface area contributed by atoms with Crippen molar-refractivity contribution in [1.29, 1.82) is 0 Å². The molecule has 0 aromatic heterocycles. The minimum atomic E-state index is -1.63. The van der Waals surface area contributed by atoms with E-state index in [1.54, 1.807) is 41.5 Å². The normalized spacial score (nSPS) is 15.0. The van der Waals surface area contributed by atoms with Crippen LogP contribution in [0.1, 0.15) is 74.1 Å². The second-order valence-electron chi connectivity index (χ2n) is 15.7. The van der Waals surface area contributed by atoms with E-state index in [1.807, 2.05) is 0 Å². The number of aliphatic hydroxyl groups excluding tert-OH is 3. The summed E-state index contributed by atoms with van der Waals surface area (Å²) in [6.07, 6.45) is 0.182. The maximum atomic E-state index is 13.7. The van der Waals surface area contributed by atoms with Gasteiger partial charge >= 0.3 is 5.97 Å². The third kappa shape index (κ3) is 21.7. The Bertz CT molecular complexity index is 1560. The van der Waals surface area contributed by atoms with Crippen LogP contribution in [0.25, 0.3) is 0 Å². The van der Waals surface area contributed by atoms with Gasteiger partial charge in [0.05, 0.1) is 26.4 Å². The molecule has 0 spiro atoms. The first-order valence-electron chi connectivity index (χ1n) is 20.1. The molecule has 25 nitrogen and oxygen atoms in total. The van der Waals surface area contributed by atoms with Crippen LogP contribution >= 0.6 is 0 Å². The lowest BCUT2D eigenvalue weighted by Gasteiger charge is -2.27. The first kappa shape index (κ1) is 56.3. The number of guanidine groups is 1. The molecule has 62 heavy (non-hydrogen) atoms. The van der Waals surface area contributed by atoms with Gasteiger partial charge in [0.25, 0.3) is 0 Å². The Morgan fingerprint density at radius 3 is 1.45 bits per heavy atom. The number of carbonyl (C=O) groups is 9. The summed E-state index contributed by atoms with van der Waals surface area (Å²) in [5.41, 5.74) is 16.3. The van der Waals surface area contributed by atoms with Gasteiger partial charge in [0.1, 0.15) is 48.3 Å². The monoisotopic (exact) mass is 889 g/mol. The first-order valence-corrected chi connectivity index (χ1v) is 20.1. The number of rotatable bonds is 29. The number of carbonyl (C=O) groups excluding carboxylic acids is 8. The zero-order chi connectivity index (χ0) is 47.9. The molecule has 0 aliphatic rings. The van der Waals surface area contributed by atoms with Crippen LogP contribution in [0.15, 0.2) is 4.99 Å². The van der Waals surface area contributed by atoms with Crippen molar-refractivity contribution in [2.24, 2.45) is 39.9 Å². The van der Waals surface area contributed by atoms with E-state index in [0.29, 0.717) is 0 Å². The summed E-state index contributed by atoms with van der Waals surface area (Å²) in [7, 11) is 0. The van der Waals surface area contributed by atoms with Gasteiger partial charge in [-0.15, -0.1) is 0 Å². The maximum Gasteiger partial charge on any atom is 0.326 e. The van der Waals surface area contributed by atoms with Crippen LogP contribution < -0.4 is 59.7 Å². The van der Waals surface area contributed by atoms with Gasteiger partial charge in [-0.05, 0) is 50.4 Å². The van der Waals surface area contributed by atoms with Crippen LogP contribution in [0.3, 0.4) is 0 Å². The Kier molecular flexibility index (Phi) is 26.2. The van der Waals surface area contributed by atoms with Gasteiger partial charge in [0.15, 0.2) is 5.96 Å². The topological polar surface area (TPSA) is 421 Å². The number of nitrogens with one attached hydrogen (secondary N) is 8. The van der Waals surface area contributed by atoms with Gasteiger partial charge in [0.2, 0.25) is 47.3 Å². The van der Waals surface area contributed by atoms with Crippen molar-refractivity contribution in [2.75, 3.05) is 32.9 Å². The molecule has 0 rings (SSSR count). The van der Waals surface area contributed by atoms with Crippen LogP contribution in [0.2, 0.25) is 0 Å². The highest BCUT2D eigenvalue weighted by atomic mass is 16.4. The van der Waals surface area contributed by atoms with Crippen LogP contribution in [0.5, 0.6) is 0 Å². The molecule has 0 bridgehead atoms. The van der Waals surface area contributed by atoms with Crippen molar-refractivity contribution in [3.8, 4) is 0 Å². The SMILES string of the molecule is CC(C)C[C@H](NC(=O)[C@H](CO)NC(=O)CNC(=O)[C@H](C)NC(=O)[C@H](CC(C)C)NC(=O)[C@@H](N)CO)C(=O)N[C@@H](CCCN=C(N)N)C(=O)N[C@@H](CO)C(=O)N[C@H](C(=O)O)C(C)C. The molecule has 354 valence electrons. The van der Waals surface area contributed by atoms with Gasteiger partial charge in [0, 0.05) is 6.54 Å². The fourth-order valence-corrected chi connectivity index (χ4v) is 5.46. The van der Waals surface area contributed by atoms with Gasteiger partial charge in [-0.25, -0.2) is 4.79 Å². The number of nitrogens with zero attached hydrogens (tertiary/aromatic N) is 1. The molecule has 0 aromatic rings. The molecule has 0 unspecified atom stereocenters. The lowest BCUT2D eigenvalue weighted by atomic mass is 10.0. The Balaban J connectivity index is 5.85. The van der Waals surface area contributed by atoms with Gasteiger partial charge in [-0.2, -0.15) is 0 Å². The zero-order valence-electron chi connectivity index (χ0n) is 36.4. The molecule has 0 fully saturated rings. The van der Waals surface area contributed by atoms with Crippen molar-refractivity contribution in [3.05, 3.63) is 0 Å². The number of aliphatic carboxylic acids is 1. The second-order valence-corrected chi connectivity index (χ2v) is 15.7. The Hall–Kier alpha value is -5.66. The minimum Gasteiger partial charge on any atom is -0.480 e. The average Bonchev–Trinajstić information content (AvgIpc) is 3.18. The highest BCUT2D eigenvalue weighted by Crippen LogP contribution is 2.09. The van der Waals surface area contributed by atoms with Crippen molar-refractivity contribution in [1.82, 2.24) is 42.5 Å². The molecule has 0 saturated heterocycles. The zero-order valence-corrected chi connectivity index (χ0v) is 36.4. The van der Waals surface area contributed by atoms with E-state index in [2.05, 4.69) is 47.5 Å². The van der Waals surface area contributed by atoms with Crippen LogP contribution in [0, 0.1) is 17.8 Å². The molecule has 18 N–H and O–H groups in total. The van der Waals surface area contributed by atoms with Crippen LogP contribution in [-0.2, 0) is 43.2 Å². The number of aliphatic hydroxyl groups is 3. The van der Waals surface area contributed by atoms with E-state index in [9.17, 15) is 58.5 Å². The fourth-order valence-electron chi connectivity index (χ4n) is 5.46. The smallest absolute Gasteiger partial charge is 0.326 e. The largest absolute Gasteiger partial charge is 0.480 e. The lowest BCUT2D eigenvalue weighted by molar-refractivity contribution is -0.144. The summed E-state index contributed by atoms with van der Waals surface area (Å²) in [5, 5.41) is 57.3. The summed E-state index contributed by atoms with van der Waals surface area (Å²) in [4.78, 5) is 119.